The number of hydrogen-bond donors (Lipinski definition) is 2. The van der Waals surface area contributed by atoms with Gasteiger partial charge in [0, 0.05) is 31.1 Å². The summed E-state index contributed by atoms with van der Waals surface area (Å²) in [5.74, 6) is 1.18. The van der Waals surface area contributed by atoms with Crippen LogP contribution in [-0.4, -0.2) is 53.1 Å². The Hall–Kier alpha value is -0.910. The average molecular weight is 300 g/mol. The highest BCUT2D eigenvalue weighted by Crippen LogP contribution is 2.34. The molecule has 5 nitrogen and oxygen atoms in total. The van der Waals surface area contributed by atoms with Crippen LogP contribution in [0.25, 0.3) is 0 Å². The van der Waals surface area contributed by atoms with Crippen LogP contribution in [0.5, 0.6) is 0 Å². The Bertz CT molecular complexity index is 348. The first-order valence-corrected chi connectivity index (χ1v) is 8.63. The molecule has 2 amide bonds. The molecule has 6 heteroatoms. The van der Waals surface area contributed by atoms with Crippen molar-refractivity contribution in [3.63, 3.8) is 0 Å². The van der Waals surface area contributed by atoms with Gasteiger partial charge in [-0.05, 0) is 12.8 Å². The van der Waals surface area contributed by atoms with Crippen molar-refractivity contribution in [1.82, 2.24) is 10.2 Å². The molecule has 1 aliphatic carbocycles. The molecule has 0 atom stereocenters. The molecule has 0 aromatic carbocycles. The Balaban J connectivity index is 1.91. The van der Waals surface area contributed by atoms with E-state index in [2.05, 4.69) is 5.32 Å². The summed E-state index contributed by atoms with van der Waals surface area (Å²) in [4.78, 5) is 25.5. The summed E-state index contributed by atoms with van der Waals surface area (Å²) in [6.07, 6.45) is 5.46. The number of thioether (sulfide) groups is 1. The van der Waals surface area contributed by atoms with Crippen LogP contribution in [-0.2, 0) is 4.79 Å². The largest absolute Gasteiger partial charge is 0.481 e. The molecular formula is C14H24N2O3S. The Morgan fingerprint density at radius 1 is 1.10 bits per heavy atom. The number of urea groups is 1. The van der Waals surface area contributed by atoms with Gasteiger partial charge in [-0.1, -0.05) is 25.7 Å². The molecule has 2 rings (SSSR count). The number of carbonyl (C=O) groups excluding carboxylic acids is 1. The van der Waals surface area contributed by atoms with E-state index in [1.165, 1.54) is 0 Å². The lowest BCUT2D eigenvalue weighted by Crippen LogP contribution is -2.49. The Kier molecular flexibility index (Phi) is 5.57. The fourth-order valence-electron chi connectivity index (χ4n) is 2.99. The maximum atomic E-state index is 12.1. The lowest BCUT2D eigenvalue weighted by molar-refractivity contribution is -0.149. The second kappa shape index (κ2) is 7.20. The SMILES string of the molecule is O=C(NCC1(C(=O)O)CCCCCC1)N1CCSCC1. The van der Waals surface area contributed by atoms with E-state index in [1.54, 1.807) is 4.90 Å². The quantitative estimate of drug-likeness (QED) is 0.784. The summed E-state index contributed by atoms with van der Waals surface area (Å²) in [5, 5.41) is 12.4. The van der Waals surface area contributed by atoms with E-state index in [4.69, 9.17) is 0 Å². The number of carboxylic acid groups (broad SMARTS) is 1. The van der Waals surface area contributed by atoms with Crippen molar-refractivity contribution in [2.45, 2.75) is 38.5 Å². The number of carbonyl (C=O) groups is 2. The first-order chi connectivity index (χ1) is 9.64. The highest BCUT2D eigenvalue weighted by atomic mass is 32.2. The molecule has 2 aliphatic rings. The van der Waals surface area contributed by atoms with Crippen LogP contribution >= 0.6 is 11.8 Å². The van der Waals surface area contributed by atoms with Gasteiger partial charge >= 0.3 is 12.0 Å². The summed E-state index contributed by atoms with van der Waals surface area (Å²) in [6, 6.07) is -0.102. The minimum atomic E-state index is -0.756. The molecule has 0 spiro atoms. The van der Waals surface area contributed by atoms with Crippen molar-refractivity contribution in [2.75, 3.05) is 31.1 Å². The molecule has 0 radical (unpaired) electrons. The van der Waals surface area contributed by atoms with Gasteiger partial charge in [-0.3, -0.25) is 4.79 Å². The molecule has 0 aromatic heterocycles. The van der Waals surface area contributed by atoms with Gasteiger partial charge in [0.1, 0.15) is 0 Å². The Labute approximate surface area is 124 Å². The maximum absolute atomic E-state index is 12.1. The predicted molar refractivity (Wildman–Crippen MR) is 80.1 cm³/mol. The van der Waals surface area contributed by atoms with E-state index in [9.17, 15) is 14.7 Å². The van der Waals surface area contributed by atoms with Crippen molar-refractivity contribution in [2.24, 2.45) is 5.41 Å². The third-order valence-corrected chi connectivity index (χ3v) is 5.33. The predicted octanol–water partition coefficient (Wildman–Crippen LogP) is 2.17. The van der Waals surface area contributed by atoms with Crippen LogP contribution in [0.1, 0.15) is 38.5 Å². The molecular weight excluding hydrogens is 276 g/mol. The number of aliphatic carboxylic acids is 1. The maximum Gasteiger partial charge on any atom is 0.317 e. The zero-order chi connectivity index (χ0) is 14.4. The fraction of sp³-hybridized carbons (Fsp3) is 0.857. The van der Waals surface area contributed by atoms with Gasteiger partial charge in [-0.25, -0.2) is 4.79 Å². The first kappa shape index (κ1) is 15.5. The lowest BCUT2D eigenvalue weighted by Gasteiger charge is -2.31. The first-order valence-electron chi connectivity index (χ1n) is 7.48. The third-order valence-electron chi connectivity index (χ3n) is 4.39. The van der Waals surface area contributed by atoms with Crippen molar-refractivity contribution in [1.29, 1.82) is 0 Å². The van der Waals surface area contributed by atoms with Crippen LogP contribution in [0.4, 0.5) is 4.79 Å². The fourth-order valence-corrected chi connectivity index (χ4v) is 3.90. The van der Waals surface area contributed by atoms with E-state index < -0.39 is 11.4 Å². The number of hydrogen-bond acceptors (Lipinski definition) is 3. The zero-order valence-corrected chi connectivity index (χ0v) is 12.7. The minimum absolute atomic E-state index is 0.102. The standard InChI is InChI=1S/C14H24N2O3S/c17-12(18)14(5-3-1-2-4-6-14)11-15-13(19)16-7-9-20-10-8-16/h1-11H2,(H,15,19)(H,17,18). The number of carboxylic acids is 1. The monoisotopic (exact) mass is 300 g/mol. The average Bonchev–Trinajstić information content (AvgIpc) is 2.72. The topological polar surface area (TPSA) is 69.6 Å². The number of amides is 2. The van der Waals surface area contributed by atoms with Gasteiger partial charge in [0.05, 0.1) is 5.41 Å². The van der Waals surface area contributed by atoms with Crippen LogP contribution in [0, 0.1) is 5.41 Å². The minimum Gasteiger partial charge on any atom is -0.481 e. The van der Waals surface area contributed by atoms with Gasteiger partial charge in [-0.15, -0.1) is 0 Å². The molecule has 2 N–H and O–H groups in total. The molecule has 1 saturated heterocycles. The molecule has 0 unspecified atom stereocenters. The van der Waals surface area contributed by atoms with E-state index in [-0.39, 0.29) is 12.6 Å². The summed E-state index contributed by atoms with van der Waals surface area (Å²) in [6.45, 7) is 1.79. The van der Waals surface area contributed by atoms with Gasteiger partial charge in [0.15, 0.2) is 0 Å². The van der Waals surface area contributed by atoms with E-state index >= 15 is 0 Å². The van der Waals surface area contributed by atoms with E-state index in [1.807, 2.05) is 11.8 Å². The molecule has 114 valence electrons. The molecule has 1 saturated carbocycles. The third kappa shape index (κ3) is 3.81. The molecule has 2 fully saturated rings. The summed E-state index contributed by atoms with van der Waals surface area (Å²) < 4.78 is 0. The van der Waals surface area contributed by atoms with Gasteiger partial charge < -0.3 is 15.3 Å². The molecule has 0 bridgehead atoms. The van der Waals surface area contributed by atoms with E-state index in [0.717, 1.165) is 50.3 Å². The summed E-state index contributed by atoms with van der Waals surface area (Å²) >= 11 is 1.85. The molecule has 0 aromatic rings. The lowest BCUT2D eigenvalue weighted by atomic mass is 9.80. The number of nitrogens with zero attached hydrogens (tertiary/aromatic N) is 1. The van der Waals surface area contributed by atoms with Crippen molar-refractivity contribution >= 4 is 23.8 Å². The Morgan fingerprint density at radius 2 is 1.70 bits per heavy atom. The van der Waals surface area contributed by atoms with Crippen LogP contribution in [0.3, 0.4) is 0 Å². The second-order valence-corrected chi connectivity index (χ2v) is 6.98. The van der Waals surface area contributed by atoms with Crippen LogP contribution < -0.4 is 5.32 Å². The molecule has 1 aliphatic heterocycles. The van der Waals surface area contributed by atoms with Crippen LogP contribution in [0.15, 0.2) is 0 Å². The van der Waals surface area contributed by atoms with Crippen molar-refractivity contribution < 1.29 is 14.7 Å². The van der Waals surface area contributed by atoms with E-state index in [0.29, 0.717) is 12.8 Å². The highest BCUT2D eigenvalue weighted by molar-refractivity contribution is 7.99. The normalized spacial score (nSPS) is 22.9. The second-order valence-electron chi connectivity index (χ2n) is 5.76. The van der Waals surface area contributed by atoms with Gasteiger partial charge in [-0.2, -0.15) is 11.8 Å². The van der Waals surface area contributed by atoms with Gasteiger partial charge in [0.25, 0.3) is 0 Å². The summed E-state index contributed by atoms with van der Waals surface area (Å²) in [5.41, 5.74) is -0.753. The molecule has 20 heavy (non-hydrogen) atoms. The smallest absolute Gasteiger partial charge is 0.317 e. The van der Waals surface area contributed by atoms with Crippen LogP contribution in [0.2, 0.25) is 0 Å². The number of nitrogens with one attached hydrogen (secondary N) is 1. The van der Waals surface area contributed by atoms with Crippen molar-refractivity contribution in [3.8, 4) is 0 Å². The van der Waals surface area contributed by atoms with Gasteiger partial charge in [0.2, 0.25) is 0 Å². The van der Waals surface area contributed by atoms with Crippen molar-refractivity contribution in [3.05, 3.63) is 0 Å². The highest BCUT2D eigenvalue weighted by Gasteiger charge is 2.39. The Morgan fingerprint density at radius 3 is 2.25 bits per heavy atom. The number of rotatable bonds is 3. The zero-order valence-electron chi connectivity index (χ0n) is 11.9. The summed E-state index contributed by atoms with van der Waals surface area (Å²) in [7, 11) is 0. The molecule has 1 heterocycles.